The summed E-state index contributed by atoms with van der Waals surface area (Å²) in [6.07, 6.45) is 4.55. The number of anilines is 1. The highest BCUT2D eigenvalue weighted by Crippen LogP contribution is 2.29. The fourth-order valence-corrected chi connectivity index (χ4v) is 2.95. The van der Waals surface area contributed by atoms with Crippen molar-refractivity contribution < 1.29 is 4.74 Å². The second-order valence-electron chi connectivity index (χ2n) is 5.24. The van der Waals surface area contributed by atoms with Crippen LogP contribution in [0.15, 0.2) is 36.8 Å². The van der Waals surface area contributed by atoms with Gasteiger partial charge in [0, 0.05) is 19.3 Å². The van der Waals surface area contributed by atoms with Crippen LogP contribution in [0.4, 0.5) is 5.82 Å². The lowest BCUT2D eigenvalue weighted by Gasteiger charge is -2.30. The van der Waals surface area contributed by atoms with E-state index in [-0.39, 0.29) is 0 Å². The van der Waals surface area contributed by atoms with E-state index in [0.717, 1.165) is 42.1 Å². The Balaban J connectivity index is 1.73. The van der Waals surface area contributed by atoms with Crippen LogP contribution in [0.3, 0.4) is 0 Å². The Labute approximate surface area is 122 Å². The molecule has 0 saturated carbocycles. The second-order valence-corrected chi connectivity index (χ2v) is 5.24. The van der Waals surface area contributed by atoms with Gasteiger partial charge in [-0.1, -0.05) is 6.07 Å². The Kier molecular flexibility index (Phi) is 2.77. The zero-order valence-corrected chi connectivity index (χ0v) is 11.8. The van der Waals surface area contributed by atoms with Gasteiger partial charge in [-0.2, -0.15) is 0 Å². The van der Waals surface area contributed by atoms with Crippen LogP contribution in [-0.2, 0) is 13.0 Å². The van der Waals surface area contributed by atoms with Crippen LogP contribution in [0.5, 0.6) is 5.75 Å². The van der Waals surface area contributed by atoms with E-state index in [0.29, 0.717) is 0 Å². The van der Waals surface area contributed by atoms with Gasteiger partial charge in [-0.25, -0.2) is 9.97 Å². The van der Waals surface area contributed by atoms with Crippen molar-refractivity contribution in [3.8, 4) is 5.75 Å². The lowest BCUT2D eigenvalue weighted by atomic mass is 9.99. The average molecular weight is 280 g/mol. The number of aromatic nitrogens is 3. The Morgan fingerprint density at radius 2 is 2.14 bits per heavy atom. The lowest BCUT2D eigenvalue weighted by molar-refractivity contribution is 0.413. The highest BCUT2D eigenvalue weighted by atomic mass is 16.5. The summed E-state index contributed by atoms with van der Waals surface area (Å²) in [5.74, 6) is 1.90. The van der Waals surface area contributed by atoms with E-state index < -0.39 is 0 Å². The molecule has 0 aliphatic carbocycles. The van der Waals surface area contributed by atoms with E-state index in [1.54, 1.807) is 13.4 Å². The highest BCUT2D eigenvalue weighted by Gasteiger charge is 2.20. The predicted molar refractivity (Wildman–Crippen MR) is 81.6 cm³/mol. The summed E-state index contributed by atoms with van der Waals surface area (Å²) in [5, 5.41) is 1.07. The Hall–Kier alpha value is -2.56. The van der Waals surface area contributed by atoms with E-state index in [1.807, 2.05) is 18.3 Å². The first-order chi connectivity index (χ1) is 10.3. The number of ether oxygens (including phenoxy) is 1. The number of rotatable bonds is 2. The minimum absolute atomic E-state index is 0.851. The number of methoxy groups -OCH3 is 1. The van der Waals surface area contributed by atoms with E-state index in [1.165, 1.54) is 11.1 Å². The number of H-pyrrole nitrogens is 1. The molecular weight excluding hydrogens is 264 g/mol. The number of aromatic amines is 1. The molecule has 3 heterocycles. The summed E-state index contributed by atoms with van der Waals surface area (Å²) in [5.41, 5.74) is 3.59. The lowest BCUT2D eigenvalue weighted by Crippen LogP contribution is -2.31. The topological polar surface area (TPSA) is 54.0 Å². The summed E-state index contributed by atoms with van der Waals surface area (Å²) < 4.78 is 5.33. The standard InChI is InChI=1S/C16H16N4O/c1-21-13-3-2-11-5-7-20(9-12(11)8-13)16-14-4-6-17-15(14)18-10-19-16/h2-4,6,8,10H,5,7,9H2,1H3,(H,17,18,19). The average Bonchev–Trinajstić information content (AvgIpc) is 3.02. The van der Waals surface area contributed by atoms with Crippen LogP contribution in [0.25, 0.3) is 11.0 Å². The number of nitrogens with one attached hydrogen (secondary N) is 1. The SMILES string of the molecule is COc1ccc2c(c1)CN(c1ncnc3[nH]ccc13)CC2. The van der Waals surface area contributed by atoms with Gasteiger partial charge in [0.15, 0.2) is 0 Å². The molecule has 0 saturated heterocycles. The highest BCUT2D eigenvalue weighted by molar-refractivity contribution is 5.87. The molecule has 0 radical (unpaired) electrons. The monoisotopic (exact) mass is 280 g/mol. The van der Waals surface area contributed by atoms with Gasteiger partial charge in [0.25, 0.3) is 0 Å². The molecule has 3 aromatic rings. The van der Waals surface area contributed by atoms with E-state index in [9.17, 15) is 0 Å². The van der Waals surface area contributed by atoms with E-state index in [2.05, 4.69) is 32.0 Å². The van der Waals surface area contributed by atoms with Gasteiger partial charge in [0.2, 0.25) is 0 Å². The minimum atomic E-state index is 0.851. The molecule has 106 valence electrons. The summed E-state index contributed by atoms with van der Waals surface area (Å²) in [6.45, 7) is 1.82. The van der Waals surface area contributed by atoms with Crippen LogP contribution < -0.4 is 9.64 Å². The smallest absolute Gasteiger partial charge is 0.142 e. The van der Waals surface area contributed by atoms with Gasteiger partial charge < -0.3 is 14.6 Å². The van der Waals surface area contributed by atoms with Gasteiger partial charge in [0.1, 0.15) is 23.5 Å². The van der Waals surface area contributed by atoms with Gasteiger partial charge in [-0.05, 0) is 35.7 Å². The van der Waals surface area contributed by atoms with Crippen molar-refractivity contribution in [2.24, 2.45) is 0 Å². The molecule has 1 aliphatic rings. The largest absolute Gasteiger partial charge is 0.497 e. The van der Waals surface area contributed by atoms with Crippen LogP contribution in [0, 0.1) is 0 Å². The van der Waals surface area contributed by atoms with Crippen molar-refractivity contribution in [2.45, 2.75) is 13.0 Å². The van der Waals surface area contributed by atoms with Gasteiger partial charge in [-0.3, -0.25) is 0 Å². The molecule has 4 rings (SSSR count). The fourth-order valence-electron chi connectivity index (χ4n) is 2.95. The fraction of sp³-hybridized carbons (Fsp3) is 0.250. The number of fused-ring (bicyclic) bond motifs is 2. The molecule has 1 N–H and O–H groups in total. The molecule has 0 unspecified atom stereocenters. The maximum atomic E-state index is 5.33. The first-order valence-electron chi connectivity index (χ1n) is 7.04. The minimum Gasteiger partial charge on any atom is -0.497 e. The molecule has 0 fully saturated rings. The summed E-state index contributed by atoms with van der Waals surface area (Å²) >= 11 is 0. The Morgan fingerprint density at radius 1 is 1.19 bits per heavy atom. The maximum Gasteiger partial charge on any atom is 0.142 e. The molecule has 0 spiro atoms. The second kappa shape index (κ2) is 4.77. The molecule has 1 aliphatic heterocycles. The summed E-state index contributed by atoms with van der Waals surface area (Å²) in [7, 11) is 1.70. The Morgan fingerprint density at radius 3 is 3.05 bits per heavy atom. The van der Waals surface area contributed by atoms with E-state index >= 15 is 0 Å². The molecule has 21 heavy (non-hydrogen) atoms. The third-order valence-corrected chi connectivity index (χ3v) is 4.06. The van der Waals surface area contributed by atoms with Crippen LogP contribution >= 0.6 is 0 Å². The molecule has 5 heteroatoms. The normalized spacial score (nSPS) is 14.2. The zero-order valence-electron chi connectivity index (χ0n) is 11.8. The Bertz CT molecular complexity index is 796. The van der Waals surface area contributed by atoms with Crippen molar-refractivity contribution in [1.82, 2.24) is 15.0 Å². The molecule has 0 amide bonds. The van der Waals surface area contributed by atoms with Gasteiger partial charge in [-0.15, -0.1) is 0 Å². The van der Waals surface area contributed by atoms with Crippen molar-refractivity contribution >= 4 is 16.9 Å². The third kappa shape index (κ3) is 2.01. The molecular formula is C16H16N4O. The number of hydrogen-bond acceptors (Lipinski definition) is 4. The van der Waals surface area contributed by atoms with Crippen LogP contribution in [-0.4, -0.2) is 28.6 Å². The van der Waals surface area contributed by atoms with Crippen molar-refractivity contribution in [1.29, 1.82) is 0 Å². The number of nitrogens with zero attached hydrogens (tertiary/aromatic N) is 3. The van der Waals surface area contributed by atoms with Gasteiger partial charge in [0.05, 0.1) is 12.5 Å². The predicted octanol–water partition coefficient (Wildman–Crippen LogP) is 2.53. The molecule has 2 aromatic heterocycles. The molecule has 0 bridgehead atoms. The molecule has 5 nitrogen and oxygen atoms in total. The third-order valence-electron chi connectivity index (χ3n) is 4.06. The van der Waals surface area contributed by atoms with Crippen LogP contribution in [0.2, 0.25) is 0 Å². The first-order valence-corrected chi connectivity index (χ1v) is 7.04. The van der Waals surface area contributed by atoms with Crippen molar-refractivity contribution in [3.05, 3.63) is 47.9 Å². The zero-order chi connectivity index (χ0) is 14.2. The summed E-state index contributed by atoms with van der Waals surface area (Å²) in [4.78, 5) is 14.2. The first kappa shape index (κ1) is 12.2. The maximum absolute atomic E-state index is 5.33. The number of benzene rings is 1. The molecule has 0 atom stereocenters. The van der Waals surface area contributed by atoms with E-state index in [4.69, 9.17) is 4.74 Å². The van der Waals surface area contributed by atoms with Crippen molar-refractivity contribution in [2.75, 3.05) is 18.6 Å². The van der Waals surface area contributed by atoms with Gasteiger partial charge >= 0.3 is 0 Å². The molecule has 1 aromatic carbocycles. The summed E-state index contributed by atoms with van der Waals surface area (Å²) in [6, 6.07) is 8.35. The van der Waals surface area contributed by atoms with Crippen LogP contribution in [0.1, 0.15) is 11.1 Å². The number of hydrogen-bond donors (Lipinski definition) is 1. The van der Waals surface area contributed by atoms with Crippen molar-refractivity contribution in [3.63, 3.8) is 0 Å². The quantitative estimate of drug-likeness (QED) is 0.783.